The number of amides is 3. The number of piperidine rings is 1. The van der Waals surface area contributed by atoms with Crippen molar-refractivity contribution in [1.29, 1.82) is 0 Å². The lowest BCUT2D eigenvalue weighted by Crippen LogP contribution is -2.54. The van der Waals surface area contributed by atoms with E-state index in [2.05, 4.69) is 0 Å². The van der Waals surface area contributed by atoms with Crippen LogP contribution in [-0.2, 0) is 14.4 Å². The van der Waals surface area contributed by atoms with Gasteiger partial charge in [-0.05, 0) is 25.0 Å². The fourth-order valence-electron chi connectivity index (χ4n) is 2.97. The van der Waals surface area contributed by atoms with E-state index in [-0.39, 0.29) is 32.5 Å². The van der Waals surface area contributed by atoms with Crippen LogP contribution in [0.2, 0.25) is 0 Å². The summed E-state index contributed by atoms with van der Waals surface area (Å²) in [6, 6.07) is 8.57. The van der Waals surface area contributed by atoms with Crippen LogP contribution in [0.25, 0.3) is 0 Å². The number of hydrogen-bond acceptors (Lipinski definition) is 5. The zero-order valence-corrected chi connectivity index (χ0v) is 15.8. The van der Waals surface area contributed by atoms with Crippen LogP contribution in [0, 0.1) is 5.41 Å². The van der Waals surface area contributed by atoms with Crippen LogP contribution in [0.15, 0.2) is 30.3 Å². The highest BCUT2D eigenvalue weighted by Crippen LogP contribution is 2.36. The number of hydrogen-bond donors (Lipinski definition) is 1. The fraction of sp³-hybridized carbons (Fsp3) is 0.500. The minimum absolute atomic E-state index is 0.0993. The summed E-state index contributed by atoms with van der Waals surface area (Å²) in [6.45, 7) is 0.505. The third-order valence-corrected chi connectivity index (χ3v) is 4.58. The van der Waals surface area contributed by atoms with Gasteiger partial charge in [-0.2, -0.15) is 0 Å². The van der Waals surface area contributed by atoms with Gasteiger partial charge in [0.05, 0.1) is 17.7 Å². The topological polar surface area (TPSA) is 99.6 Å². The number of methoxy groups -OCH3 is 1. The van der Waals surface area contributed by atoms with Crippen molar-refractivity contribution in [3.63, 3.8) is 0 Å². The smallest absolute Gasteiger partial charge is 0.434 e. The molecule has 0 atom stereocenters. The molecule has 1 heterocycles. The van der Waals surface area contributed by atoms with Gasteiger partial charge in [-0.25, -0.2) is 9.59 Å². The molecule has 0 spiro atoms. The van der Waals surface area contributed by atoms with Gasteiger partial charge in [0, 0.05) is 34.3 Å². The van der Waals surface area contributed by atoms with Gasteiger partial charge in [-0.3, -0.25) is 4.79 Å². The second-order valence-electron chi connectivity index (χ2n) is 6.67. The van der Waals surface area contributed by atoms with E-state index in [9.17, 15) is 14.4 Å². The summed E-state index contributed by atoms with van der Waals surface area (Å²) in [7, 11) is 4.52. The number of rotatable bonds is 4. The molecule has 1 N–H and O–H groups in total. The molecule has 9 heteroatoms. The van der Waals surface area contributed by atoms with Crippen molar-refractivity contribution in [2.45, 2.75) is 12.8 Å². The summed E-state index contributed by atoms with van der Waals surface area (Å²) < 4.78 is 5.28. The van der Waals surface area contributed by atoms with Crippen LogP contribution >= 0.6 is 0 Å². The fourth-order valence-corrected chi connectivity index (χ4v) is 2.97. The van der Waals surface area contributed by atoms with Gasteiger partial charge in [0.15, 0.2) is 0 Å². The van der Waals surface area contributed by atoms with Crippen LogP contribution in [0.4, 0.5) is 15.3 Å². The Kier molecular flexibility index (Phi) is 6.62. The monoisotopic (exact) mass is 379 g/mol. The first-order valence-corrected chi connectivity index (χ1v) is 8.56. The van der Waals surface area contributed by atoms with Crippen molar-refractivity contribution in [2.75, 3.05) is 46.0 Å². The molecule has 0 radical (unpaired) electrons. The molecule has 1 aliphatic heterocycles. The second-order valence-corrected chi connectivity index (χ2v) is 6.67. The second kappa shape index (κ2) is 8.72. The Morgan fingerprint density at radius 3 is 2.22 bits per heavy atom. The van der Waals surface area contributed by atoms with E-state index < -0.39 is 23.5 Å². The number of carbonyl (C=O) groups excluding carboxylic acids is 2. The molecular formula is C18H25N3O6. The molecule has 0 aliphatic carbocycles. The van der Waals surface area contributed by atoms with E-state index in [0.29, 0.717) is 5.69 Å². The first-order valence-electron chi connectivity index (χ1n) is 8.56. The highest BCUT2D eigenvalue weighted by atomic mass is 16.7. The summed E-state index contributed by atoms with van der Waals surface area (Å²) >= 11 is 0. The minimum Gasteiger partial charge on any atom is -0.465 e. The van der Waals surface area contributed by atoms with Crippen LogP contribution in [0.1, 0.15) is 12.8 Å². The molecule has 27 heavy (non-hydrogen) atoms. The van der Waals surface area contributed by atoms with E-state index >= 15 is 0 Å². The summed E-state index contributed by atoms with van der Waals surface area (Å²) in [6.07, 6.45) is -1.17. The van der Waals surface area contributed by atoms with Gasteiger partial charge in [-0.1, -0.05) is 18.2 Å². The number of nitrogens with zero attached hydrogens (tertiary/aromatic N) is 3. The normalized spacial score (nSPS) is 15.7. The van der Waals surface area contributed by atoms with Crippen LogP contribution in [0.5, 0.6) is 0 Å². The van der Waals surface area contributed by atoms with Crippen molar-refractivity contribution in [3.8, 4) is 0 Å². The SMILES string of the molecule is COCC1(C(=O)N(OC(=O)N(C)C)c2ccccc2)CCN(C(=O)O)CC1. The average molecular weight is 379 g/mol. The standard InChI is InChI=1S/C18H25N3O6/c1-19(2)17(25)27-21(14-7-5-4-6-8-14)15(22)18(13-26-3)9-11-20(12-10-18)16(23)24/h4-8H,9-13H2,1-3H3,(H,23,24). The average Bonchev–Trinajstić information content (AvgIpc) is 2.66. The van der Waals surface area contributed by atoms with E-state index in [4.69, 9.17) is 14.7 Å². The molecule has 1 fully saturated rings. The third kappa shape index (κ3) is 4.68. The Labute approximate surface area is 158 Å². The number of benzene rings is 1. The molecule has 2 rings (SSSR count). The first-order chi connectivity index (χ1) is 12.8. The van der Waals surface area contributed by atoms with Crippen LogP contribution in [0.3, 0.4) is 0 Å². The van der Waals surface area contributed by atoms with Crippen molar-refractivity contribution in [2.24, 2.45) is 5.41 Å². The summed E-state index contributed by atoms with van der Waals surface area (Å²) in [5, 5.41) is 10.2. The van der Waals surface area contributed by atoms with Gasteiger partial charge < -0.3 is 24.5 Å². The molecule has 0 saturated carbocycles. The number of carboxylic acid groups (broad SMARTS) is 1. The zero-order valence-electron chi connectivity index (χ0n) is 15.8. The Hall–Kier alpha value is -2.81. The molecule has 0 aromatic heterocycles. The molecular weight excluding hydrogens is 354 g/mol. The van der Waals surface area contributed by atoms with Crippen molar-refractivity contribution in [1.82, 2.24) is 9.80 Å². The van der Waals surface area contributed by atoms with Crippen LogP contribution in [-0.4, -0.2) is 73.9 Å². The lowest BCUT2D eigenvalue weighted by atomic mass is 9.78. The predicted octanol–water partition coefficient (Wildman–Crippen LogP) is 2.04. The number of para-hydroxylation sites is 1. The molecule has 148 valence electrons. The first kappa shape index (κ1) is 20.5. The maximum atomic E-state index is 13.4. The van der Waals surface area contributed by atoms with E-state index in [1.165, 1.54) is 31.0 Å². The number of likely N-dealkylation sites (tertiary alicyclic amines) is 1. The molecule has 1 aromatic rings. The highest BCUT2D eigenvalue weighted by Gasteiger charge is 2.46. The minimum atomic E-state index is -1.02. The molecule has 3 amide bonds. The van der Waals surface area contributed by atoms with E-state index in [1.807, 2.05) is 0 Å². The number of ether oxygens (including phenoxy) is 1. The lowest BCUT2D eigenvalue weighted by Gasteiger charge is -2.41. The van der Waals surface area contributed by atoms with E-state index in [1.54, 1.807) is 30.3 Å². The molecule has 0 bridgehead atoms. The van der Waals surface area contributed by atoms with Gasteiger partial charge >= 0.3 is 12.2 Å². The number of hydroxylamine groups is 1. The zero-order chi connectivity index (χ0) is 20.0. The van der Waals surface area contributed by atoms with Gasteiger partial charge in [0.1, 0.15) is 0 Å². The lowest BCUT2D eigenvalue weighted by molar-refractivity contribution is -0.140. The Balaban J connectivity index is 2.33. The molecule has 0 unspecified atom stereocenters. The van der Waals surface area contributed by atoms with Crippen molar-refractivity contribution in [3.05, 3.63) is 30.3 Å². The third-order valence-electron chi connectivity index (χ3n) is 4.58. The molecule has 1 aromatic carbocycles. The number of anilines is 1. The molecule has 1 aliphatic rings. The predicted molar refractivity (Wildman–Crippen MR) is 97.2 cm³/mol. The Morgan fingerprint density at radius 2 is 1.74 bits per heavy atom. The van der Waals surface area contributed by atoms with Crippen molar-refractivity contribution < 1.29 is 29.1 Å². The van der Waals surface area contributed by atoms with Gasteiger partial charge in [-0.15, -0.1) is 5.06 Å². The summed E-state index contributed by atoms with van der Waals surface area (Å²) in [5.74, 6) is -0.434. The summed E-state index contributed by atoms with van der Waals surface area (Å²) in [5.41, 5.74) is -0.572. The van der Waals surface area contributed by atoms with Gasteiger partial charge in [0.25, 0.3) is 5.91 Å². The largest absolute Gasteiger partial charge is 0.465 e. The Bertz CT molecular complexity index is 671. The maximum Gasteiger partial charge on any atom is 0.434 e. The van der Waals surface area contributed by atoms with E-state index in [0.717, 1.165) is 5.06 Å². The molecule has 9 nitrogen and oxygen atoms in total. The van der Waals surface area contributed by atoms with Crippen molar-refractivity contribution >= 4 is 23.8 Å². The Morgan fingerprint density at radius 1 is 1.15 bits per heavy atom. The maximum absolute atomic E-state index is 13.4. The van der Waals surface area contributed by atoms with Gasteiger partial charge in [0.2, 0.25) is 0 Å². The highest BCUT2D eigenvalue weighted by molar-refractivity contribution is 5.97. The number of carbonyl (C=O) groups is 3. The summed E-state index contributed by atoms with van der Waals surface area (Å²) in [4.78, 5) is 44.6. The molecule has 1 saturated heterocycles. The van der Waals surface area contributed by atoms with Crippen LogP contribution < -0.4 is 5.06 Å². The quantitative estimate of drug-likeness (QED) is 0.804.